The summed E-state index contributed by atoms with van der Waals surface area (Å²) in [6.07, 6.45) is 1.68. The summed E-state index contributed by atoms with van der Waals surface area (Å²) in [6, 6.07) is 5.15. The van der Waals surface area contributed by atoms with E-state index in [0.717, 1.165) is 0 Å². The van der Waals surface area contributed by atoms with Crippen molar-refractivity contribution in [3.63, 3.8) is 0 Å². The van der Waals surface area contributed by atoms with E-state index in [1.165, 1.54) is 0 Å². The van der Waals surface area contributed by atoms with Gasteiger partial charge in [0.05, 0.1) is 5.69 Å². The second kappa shape index (κ2) is 3.75. The number of benzene rings is 1. The van der Waals surface area contributed by atoms with Crippen LogP contribution in [0.25, 0.3) is 0 Å². The molecule has 1 aliphatic heterocycles. The number of hydrogen-bond acceptors (Lipinski definition) is 4. The lowest BCUT2D eigenvalue weighted by atomic mass is 10.3. The van der Waals surface area contributed by atoms with Crippen LogP contribution in [0.5, 0.6) is 11.5 Å². The van der Waals surface area contributed by atoms with Crippen molar-refractivity contribution in [1.82, 2.24) is 5.32 Å². The molecule has 6 nitrogen and oxygen atoms in total. The fourth-order valence-electron chi connectivity index (χ4n) is 1.18. The zero-order valence-corrected chi connectivity index (χ0v) is 7.73. The number of fused-ring (bicyclic) bond motifs is 1. The van der Waals surface area contributed by atoms with Gasteiger partial charge in [-0.3, -0.25) is 5.32 Å². The first-order valence-electron chi connectivity index (χ1n) is 4.18. The molecule has 0 atom stereocenters. The van der Waals surface area contributed by atoms with Gasteiger partial charge in [-0.1, -0.05) is 0 Å². The fourth-order valence-corrected chi connectivity index (χ4v) is 1.18. The van der Waals surface area contributed by atoms with Gasteiger partial charge in [0.2, 0.25) is 12.8 Å². The number of nitrogens with one attached hydrogen (secondary N) is 1. The molecule has 1 heterocycles. The van der Waals surface area contributed by atoms with Crippen molar-refractivity contribution in [2.45, 2.75) is 0 Å². The Morgan fingerprint density at radius 3 is 3.07 bits per heavy atom. The van der Waals surface area contributed by atoms with Crippen LogP contribution in [0.4, 0.5) is 5.69 Å². The molecule has 0 fully saturated rings. The Labute approximate surface area is 85.9 Å². The summed E-state index contributed by atoms with van der Waals surface area (Å²) >= 11 is 0. The normalized spacial score (nSPS) is 13.4. The minimum atomic E-state index is 0.0383. The molecule has 0 radical (unpaired) electrons. The van der Waals surface area contributed by atoms with Gasteiger partial charge in [-0.15, -0.1) is 0 Å². The van der Waals surface area contributed by atoms with Crippen molar-refractivity contribution in [3.8, 4) is 17.7 Å². The maximum atomic E-state index is 8.30. The first-order valence-corrected chi connectivity index (χ1v) is 4.18. The average Bonchev–Trinajstić information content (AvgIpc) is 2.65. The topological polar surface area (TPSA) is 92.7 Å². The molecule has 0 unspecified atom stereocenters. The summed E-state index contributed by atoms with van der Waals surface area (Å²) in [5.74, 6) is 1.35. The third kappa shape index (κ3) is 1.91. The van der Waals surface area contributed by atoms with E-state index in [2.05, 4.69) is 10.3 Å². The van der Waals surface area contributed by atoms with E-state index in [1.54, 1.807) is 24.4 Å². The number of ether oxygens (including phenoxy) is 2. The molecular formula is C9H8N4O2. The van der Waals surface area contributed by atoms with Gasteiger partial charge in [-0.2, -0.15) is 5.26 Å². The van der Waals surface area contributed by atoms with E-state index < -0.39 is 0 Å². The van der Waals surface area contributed by atoms with Crippen molar-refractivity contribution in [2.24, 2.45) is 10.7 Å². The highest BCUT2D eigenvalue weighted by molar-refractivity contribution is 5.82. The van der Waals surface area contributed by atoms with Gasteiger partial charge in [0.1, 0.15) is 0 Å². The van der Waals surface area contributed by atoms with Crippen molar-refractivity contribution in [1.29, 1.82) is 5.26 Å². The maximum Gasteiger partial charge on any atom is 0.231 e. The maximum absolute atomic E-state index is 8.30. The van der Waals surface area contributed by atoms with Crippen molar-refractivity contribution < 1.29 is 9.47 Å². The largest absolute Gasteiger partial charge is 0.454 e. The smallest absolute Gasteiger partial charge is 0.231 e. The summed E-state index contributed by atoms with van der Waals surface area (Å²) in [5, 5.41) is 10.5. The van der Waals surface area contributed by atoms with Gasteiger partial charge in [-0.05, 0) is 12.1 Å². The highest BCUT2D eigenvalue weighted by Crippen LogP contribution is 2.34. The van der Waals surface area contributed by atoms with E-state index in [9.17, 15) is 0 Å². The molecule has 0 aromatic heterocycles. The van der Waals surface area contributed by atoms with Gasteiger partial charge in [0.15, 0.2) is 17.7 Å². The molecule has 15 heavy (non-hydrogen) atoms. The molecule has 0 bridgehead atoms. The van der Waals surface area contributed by atoms with Crippen LogP contribution in [-0.2, 0) is 0 Å². The average molecular weight is 204 g/mol. The second-order valence-corrected chi connectivity index (χ2v) is 2.77. The Balaban J connectivity index is 2.24. The van der Waals surface area contributed by atoms with Gasteiger partial charge in [-0.25, -0.2) is 4.99 Å². The van der Waals surface area contributed by atoms with E-state index >= 15 is 0 Å². The lowest BCUT2D eigenvalue weighted by molar-refractivity contribution is 0.174. The number of nitrogens with zero attached hydrogens (tertiary/aromatic N) is 2. The molecule has 0 spiro atoms. The fraction of sp³-hybridized carbons (Fsp3) is 0.111. The zero-order chi connectivity index (χ0) is 10.7. The van der Waals surface area contributed by atoms with E-state index in [1.807, 2.05) is 0 Å². The first kappa shape index (κ1) is 9.15. The molecule has 76 valence electrons. The molecule has 0 aliphatic carbocycles. The number of nitrogens with two attached hydrogens (primary N) is 1. The molecule has 1 aromatic rings. The predicted molar refractivity (Wildman–Crippen MR) is 52.6 cm³/mol. The number of rotatable bonds is 1. The Morgan fingerprint density at radius 1 is 1.47 bits per heavy atom. The van der Waals surface area contributed by atoms with Gasteiger partial charge in [0.25, 0.3) is 0 Å². The van der Waals surface area contributed by atoms with Crippen molar-refractivity contribution >= 4 is 11.6 Å². The van der Waals surface area contributed by atoms with Gasteiger partial charge < -0.3 is 15.2 Å². The summed E-state index contributed by atoms with van der Waals surface area (Å²) in [4.78, 5) is 3.95. The van der Waals surface area contributed by atoms with Crippen LogP contribution < -0.4 is 20.5 Å². The summed E-state index contributed by atoms with van der Waals surface area (Å²) < 4.78 is 10.3. The second-order valence-electron chi connectivity index (χ2n) is 2.77. The SMILES string of the molecule is N#CNC(N)=Nc1ccc2c(c1)OCO2. The van der Waals surface area contributed by atoms with Crippen molar-refractivity contribution in [3.05, 3.63) is 18.2 Å². The van der Waals surface area contributed by atoms with Crippen LogP contribution >= 0.6 is 0 Å². The van der Waals surface area contributed by atoms with Crippen molar-refractivity contribution in [2.75, 3.05) is 6.79 Å². The number of aliphatic imine (C=N–C) groups is 1. The standard InChI is InChI=1S/C9H8N4O2/c10-4-12-9(11)13-6-1-2-7-8(3-6)15-5-14-7/h1-3H,5H2,(H3,11,12,13). The summed E-state index contributed by atoms with van der Waals surface area (Å²) in [6.45, 7) is 0.217. The molecule has 0 saturated carbocycles. The van der Waals surface area contributed by atoms with Gasteiger partial charge >= 0.3 is 0 Å². The van der Waals surface area contributed by atoms with E-state index in [4.69, 9.17) is 20.5 Å². The van der Waals surface area contributed by atoms with Crippen LogP contribution in [0, 0.1) is 11.5 Å². The summed E-state index contributed by atoms with van der Waals surface area (Å²) in [5.41, 5.74) is 6.00. The zero-order valence-electron chi connectivity index (χ0n) is 7.73. The molecular weight excluding hydrogens is 196 g/mol. The molecule has 6 heteroatoms. The Morgan fingerprint density at radius 2 is 2.27 bits per heavy atom. The molecule has 1 aromatic carbocycles. The third-order valence-corrected chi connectivity index (χ3v) is 1.79. The Kier molecular flexibility index (Phi) is 2.29. The van der Waals surface area contributed by atoms with E-state index in [0.29, 0.717) is 17.2 Å². The molecule has 0 amide bonds. The van der Waals surface area contributed by atoms with Crippen LogP contribution in [0.15, 0.2) is 23.2 Å². The van der Waals surface area contributed by atoms with Crippen LogP contribution in [0.2, 0.25) is 0 Å². The quantitative estimate of drug-likeness (QED) is 0.299. The number of guanidine groups is 1. The molecule has 1 aliphatic rings. The Hall–Kier alpha value is -2.42. The van der Waals surface area contributed by atoms with Crippen LogP contribution in [0.1, 0.15) is 0 Å². The minimum Gasteiger partial charge on any atom is -0.454 e. The minimum absolute atomic E-state index is 0.0383. The van der Waals surface area contributed by atoms with Crippen LogP contribution in [-0.4, -0.2) is 12.8 Å². The first-order chi connectivity index (χ1) is 7.29. The van der Waals surface area contributed by atoms with E-state index in [-0.39, 0.29) is 12.8 Å². The highest BCUT2D eigenvalue weighted by Gasteiger charge is 2.12. The molecule has 3 N–H and O–H groups in total. The lowest BCUT2D eigenvalue weighted by Gasteiger charge is -1.99. The number of hydrogen-bond donors (Lipinski definition) is 2. The number of nitriles is 1. The van der Waals surface area contributed by atoms with Gasteiger partial charge in [0, 0.05) is 6.07 Å². The summed E-state index contributed by atoms with van der Waals surface area (Å²) in [7, 11) is 0. The van der Waals surface area contributed by atoms with Crippen LogP contribution in [0.3, 0.4) is 0 Å². The lowest BCUT2D eigenvalue weighted by Crippen LogP contribution is -2.26. The molecule has 2 rings (SSSR count). The predicted octanol–water partition coefficient (Wildman–Crippen LogP) is 0.432. The Bertz CT molecular complexity index is 450. The monoisotopic (exact) mass is 204 g/mol. The highest BCUT2D eigenvalue weighted by atomic mass is 16.7. The third-order valence-electron chi connectivity index (χ3n) is 1.79. The molecule has 0 saturated heterocycles.